The number of hydrogen-bond donors (Lipinski definition) is 1. The fraction of sp³-hybridized carbons (Fsp3) is 0. The Kier molecular flexibility index (Phi) is 4.06. The van der Waals surface area contributed by atoms with E-state index in [1.165, 1.54) is 24.3 Å². The van der Waals surface area contributed by atoms with E-state index in [9.17, 15) is 14.9 Å². The molecule has 0 saturated carbocycles. The second kappa shape index (κ2) is 6.68. The summed E-state index contributed by atoms with van der Waals surface area (Å²) < 4.78 is 5.75. The molecular weight excluding hydrogens is 348 g/mol. The molecule has 0 aliphatic rings. The van der Waals surface area contributed by atoms with Crippen molar-refractivity contribution < 1.29 is 14.1 Å². The Hall–Kier alpha value is -4.07. The number of aromatic nitrogens is 2. The van der Waals surface area contributed by atoms with Crippen LogP contribution in [0, 0.1) is 10.1 Å². The van der Waals surface area contributed by atoms with E-state index in [-0.39, 0.29) is 11.3 Å². The minimum atomic E-state index is -0.544. The summed E-state index contributed by atoms with van der Waals surface area (Å²) in [6.45, 7) is 0. The summed E-state index contributed by atoms with van der Waals surface area (Å²) in [6.07, 6.45) is 3.30. The summed E-state index contributed by atoms with van der Waals surface area (Å²) in [6, 6.07) is 14.2. The first-order chi connectivity index (χ1) is 13.1. The first-order valence-electron chi connectivity index (χ1n) is 7.97. The number of amides is 1. The molecular formula is C19H12N4O4. The van der Waals surface area contributed by atoms with Crippen molar-refractivity contribution in [2.45, 2.75) is 0 Å². The first kappa shape index (κ1) is 16.4. The molecule has 2 aromatic heterocycles. The van der Waals surface area contributed by atoms with Crippen molar-refractivity contribution in [2.75, 3.05) is 5.32 Å². The lowest BCUT2D eigenvalue weighted by Gasteiger charge is -2.04. The van der Waals surface area contributed by atoms with E-state index in [2.05, 4.69) is 15.3 Å². The zero-order chi connectivity index (χ0) is 18.8. The number of oxazole rings is 1. The van der Waals surface area contributed by atoms with Gasteiger partial charge in [-0.3, -0.25) is 19.9 Å². The number of nitrogens with one attached hydrogen (secondary N) is 1. The summed E-state index contributed by atoms with van der Waals surface area (Å²) >= 11 is 0. The number of carbonyl (C=O) groups excluding carboxylic acids is 1. The van der Waals surface area contributed by atoms with Gasteiger partial charge >= 0.3 is 0 Å². The quantitative estimate of drug-likeness (QED) is 0.434. The van der Waals surface area contributed by atoms with Crippen LogP contribution in [0.4, 0.5) is 11.4 Å². The number of pyridine rings is 1. The van der Waals surface area contributed by atoms with Crippen molar-refractivity contribution >= 4 is 28.4 Å². The summed E-state index contributed by atoms with van der Waals surface area (Å²) in [5.74, 6) is 0.00137. The van der Waals surface area contributed by atoms with E-state index in [1.807, 2.05) is 0 Å². The standard InChI is InChI=1S/C19H12N4O4/c24-18(13-2-1-3-15(10-13)23(25)26)21-14-4-5-16-17(11-14)27-19(22-16)12-6-8-20-9-7-12/h1-11H,(H,21,24). The molecule has 1 amide bonds. The summed E-state index contributed by atoms with van der Waals surface area (Å²) in [7, 11) is 0. The van der Waals surface area contributed by atoms with Crippen molar-refractivity contribution in [3.8, 4) is 11.5 Å². The first-order valence-corrected chi connectivity index (χ1v) is 7.97. The van der Waals surface area contributed by atoms with Gasteiger partial charge in [0.05, 0.1) is 4.92 Å². The zero-order valence-corrected chi connectivity index (χ0v) is 13.8. The molecule has 132 valence electrons. The maximum absolute atomic E-state index is 12.4. The highest BCUT2D eigenvalue weighted by atomic mass is 16.6. The number of carbonyl (C=O) groups is 1. The van der Waals surface area contributed by atoms with Gasteiger partial charge < -0.3 is 9.73 Å². The predicted octanol–water partition coefficient (Wildman–Crippen LogP) is 4.05. The van der Waals surface area contributed by atoms with Crippen LogP contribution in [0.1, 0.15) is 10.4 Å². The monoisotopic (exact) mass is 360 g/mol. The van der Waals surface area contributed by atoms with Crippen LogP contribution in [-0.4, -0.2) is 20.8 Å². The van der Waals surface area contributed by atoms with Crippen molar-refractivity contribution in [1.82, 2.24) is 9.97 Å². The molecule has 0 fully saturated rings. The minimum Gasteiger partial charge on any atom is -0.436 e. The Labute approximate surface area is 152 Å². The topological polar surface area (TPSA) is 111 Å². The van der Waals surface area contributed by atoms with E-state index >= 15 is 0 Å². The van der Waals surface area contributed by atoms with E-state index in [1.54, 1.807) is 42.7 Å². The molecule has 0 atom stereocenters. The van der Waals surface area contributed by atoms with Crippen molar-refractivity contribution in [3.63, 3.8) is 0 Å². The number of nitrogens with zero attached hydrogens (tertiary/aromatic N) is 3. The molecule has 1 N–H and O–H groups in total. The molecule has 0 aliphatic carbocycles. The fourth-order valence-electron chi connectivity index (χ4n) is 2.58. The molecule has 2 aromatic carbocycles. The van der Waals surface area contributed by atoms with Gasteiger partial charge in [0.15, 0.2) is 5.58 Å². The van der Waals surface area contributed by atoms with Crippen LogP contribution in [-0.2, 0) is 0 Å². The van der Waals surface area contributed by atoms with E-state index in [4.69, 9.17) is 4.42 Å². The molecule has 0 radical (unpaired) electrons. The van der Waals surface area contributed by atoms with Crippen LogP contribution in [0.15, 0.2) is 71.4 Å². The smallest absolute Gasteiger partial charge is 0.270 e. The maximum Gasteiger partial charge on any atom is 0.270 e. The van der Waals surface area contributed by atoms with Gasteiger partial charge in [-0.1, -0.05) is 6.07 Å². The molecule has 2 heterocycles. The zero-order valence-electron chi connectivity index (χ0n) is 13.8. The Bertz CT molecular complexity index is 1150. The SMILES string of the molecule is O=C(Nc1ccc2nc(-c3ccncc3)oc2c1)c1cccc([N+](=O)[O-])c1. The molecule has 8 nitrogen and oxygen atoms in total. The van der Waals surface area contributed by atoms with E-state index in [0.717, 1.165) is 5.56 Å². The van der Waals surface area contributed by atoms with Gasteiger partial charge in [0.1, 0.15) is 5.52 Å². The van der Waals surface area contributed by atoms with Gasteiger partial charge in [0.25, 0.3) is 11.6 Å². The molecule has 4 rings (SSSR count). The van der Waals surface area contributed by atoms with Crippen LogP contribution in [0.5, 0.6) is 0 Å². The highest BCUT2D eigenvalue weighted by Crippen LogP contribution is 2.26. The molecule has 0 spiro atoms. The maximum atomic E-state index is 12.4. The summed E-state index contributed by atoms with van der Waals surface area (Å²) in [5, 5.41) is 13.6. The number of benzene rings is 2. The third kappa shape index (κ3) is 3.36. The van der Waals surface area contributed by atoms with Crippen LogP contribution >= 0.6 is 0 Å². The number of hydrogen-bond acceptors (Lipinski definition) is 6. The van der Waals surface area contributed by atoms with Crippen LogP contribution in [0.2, 0.25) is 0 Å². The van der Waals surface area contributed by atoms with Gasteiger partial charge in [0, 0.05) is 47.4 Å². The average Bonchev–Trinajstić information content (AvgIpc) is 3.12. The number of nitro benzene ring substituents is 1. The molecule has 0 bridgehead atoms. The Morgan fingerprint density at radius 2 is 1.89 bits per heavy atom. The van der Waals surface area contributed by atoms with Crippen LogP contribution in [0.25, 0.3) is 22.6 Å². The predicted molar refractivity (Wildman–Crippen MR) is 98.3 cm³/mol. The second-order valence-corrected chi connectivity index (χ2v) is 5.70. The number of non-ortho nitro benzene ring substituents is 1. The van der Waals surface area contributed by atoms with Crippen LogP contribution in [0.3, 0.4) is 0 Å². The van der Waals surface area contributed by atoms with E-state index < -0.39 is 10.8 Å². The molecule has 8 heteroatoms. The van der Waals surface area contributed by atoms with Crippen molar-refractivity contribution in [2.24, 2.45) is 0 Å². The molecule has 27 heavy (non-hydrogen) atoms. The number of anilines is 1. The van der Waals surface area contributed by atoms with Gasteiger partial charge in [-0.25, -0.2) is 4.98 Å². The number of rotatable bonds is 4. The summed E-state index contributed by atoms with van der Waals surface area (Å²) in [5.41, 5.74) is 2.50. The van der Waals surface area contributed by atoms with Gasteiger partial charge in [-0.15, -0.1) is 0 Å². The highest BCUT2D eigenvalue weighted by molar-refractivity contribution is 6.05. The lowest BCUT2D eigenvalue weighted by atomic mass is 10.2. The van der Waals surface area contributed by atoms with Gasteiger partial charge in [0.2, 0.25) is 5.89 Å². The molecule has 4 aromatic rings. The number of nitro groups is 1. The second-order valence-electron chi connectivity index (χ2n) is 5.70. The molecule has 0 aliphatic heterocycles. The third-order valence-electron chi connectivity index (χ3n) is 3.89. The molecule has 0 saturated heterocycles. The molecule has 0 unspecified atom stereocenters. The highest BCUT2D eigenvalue weighted by Gasteiger charge is 2.13. The Morgan fingerprint density at radius 3 is 2.67 bits per heavy atom. The van der Waals surface area contributed by atoms with Crippen molar-refractivity contribution in [1.29, 1.82) is 0 Å². The third-order valence-corrected chi connectivity index (χ3v) is 3.89. The normalized spacial score (nSPS) is 10.7. The summed E-state index contributed by atoms with van der Waals surface area (Å²) in [4.78, 5) is 31.0. The largest absolute Gasteiger partial charge is 0.436 e. The fourth-order valence-corrected chi connectivity index (χ4v) is 2.58. The van der Waals surface area contributed by atoms with Gasteiger partial charge in [-0.05, 0) is 30.3 Å². The minimum absolute atomic E-state index is 0.143. The lowest BCUT2D eigenvalue weighted by molar-refractivity contribution is -0.384. The van der Waals surface area contributed by atoms with Crippen LogP contribution < -0.4 is 5.32 Å². The lowest BCUT2D eigenvalue weighted by Crippen LogP contribution is -2.11. The average molecular weight is 360 g/mol. The van der Waals surface area contributed by atoms with Crippen molar-refractivity contribution in [3.05, 3.63) is 82.7 Å². The van der Waals surface area contributed by atoms with Gasteiger partial charge in [-0.2, -0.15) is 0 Å². The Morgan fingerprint density at radius 1 is 1.07 bits per heavy atom. The Balaban J connectivity index is 1.60. The number of fused-ring (bicyclic) bond motifs is 1. The van der Waals surface area contributed by atoms with E-state index in [0.29, 0.717) is 22.7 Å².